The number of furan rings is 1. The van der Waals surface area contributed by atoms with Crippen LogP contribution in [0.1, 0.15) is 16.9 Å². The van der Waals surface area contributed by atoms with Crippen molar-refractivity contribution in [2.45, 2.75) is 6.54 Å². The monoisotopic (exact) mass is 509 g/mol. The van der Waals surface area contributed by atoms with Crippen LogP contribution in [0.5, 0.6) is 28.7 Å². The third kappa shape index (κ3) is 5.31. The highest BCUT2D eigenvalue weighted by molar-refractivity contribution is 8.18. The summed E-state index contributed by atoms with van der Waals surface area (Å²) in [5.41, 5.74) is 1.25. The second kappa shape index (κ2) is 10.9. The molecule has 0 saturated carbocycles. The van der Waals surface area contributed by atoms with Gasteiger partial charge in [0.15, 0.2) is 28.2 Å². The molecule has 0 atom stereocenters. The van der Waals surface area contributed by atoms with Crippen LogP contribution < -0.4 is 14.2 Å². The van der Waals surface area contributed by atoms with Crippen molar-refractivity contribution in [2.75, 3.05) is 21.3 Å². The highest BCUT2D eigenvalue weighted by Gasteiger charge is 2.34. The summed E-state index contributed by atoms with van der Waals surface area (Å²) < 4.78 is 20.9. The maximum absolute atomic E-state index is 13.2. The number of amidine groups is 1. The van der Waals surface area contributed by atoms with Gasteiger partial charge < -0.3 is 28.8 Å². The molecule has 1 aromatic heterocycles. The first-order valence-electron chi connectivity index (χ1n) is 10.6. The summed E-state index contributed by atoms with van der Waals surface area (Å²) in [7, 11) is 4.32. The van der Waals surface area contributed by atoms with Crippen LogP contribution in [0.15, 0.2) is 68.3 Å². The predicted octanol–water partition coefficient (Wildman–Crippen LogP) is 4.22. The Labute approximate surface area is 211 Å². The standard InChI is InChI=1S/C25H23N3O7S/c1-32-19-9-15(6-7-18(19)29)12-22-24(31)28(14-17-5-4-8-35-17)25(36-22)27-26-13-16-10-20(33-2)23(30)21(11-16)34-3/h4-13,29-30H,14H2,1-3H3/b22-12-,26-13-,27-25+. The number of phenols is 2. The second-order valence-electron chi connectivity index (χ2n) is 7.41. The number of aromatic hydroxyl groups is 2. The van der Waals surface area contributed by atoms with Gasteiger partial charge in [-0.3, -0.25) is 9.69 Å². The van der Waals surface area contributed by atoms with Gasteiger partial charge in [0.25, 0.3) is 5.91 Å². The van der Waals surface area contributed by atoms with Crippen molar-refractivity contribution in [2.24, 2.45) is 10.2 Å². The lowest BCUT2D eigenvalue weighted by Crippen LogP contribution is -2.28. The number of rotatable bonds is 8. The number of amides is 1. The topological polar surface area (TPSA) is 126 Å². The smallest absolute Gasteiger partial charge is 0.267 e. The van der Waals surface area contributed by atoms with Crippen LogP contribution in [0, 0.1) is 0 Å². The van der Waals surface area contributed by atoms with E-state index in [-0.39, 0.29) is 35.4 Å². The van der Waals surface area contributed by atoms with E-state index in [9.17, 15) is 15.0 Å². The van der Waals surface area contributed by atoms with Gasteiger partial charge in [0.2, 0.25) is 5.75 Å². The Morgan fingerprint density at radius 2 is 1.69 bits per heavy atom. The normalized spacial score (nSPS) is 15.9. The summed E-state index contributed by atoms with van der Waals surface area (Å²) in [4.78, 5) is 15.1. The van der Waals surface area contributed by atoms with E-state index < -0.39 is 0 Å². The molecule has 10 nitrogen and oxygen atoms in total. The zero-order valence-electron chi connectivity index (χ0n) is 19.7. The Hall–Kier alpha value is -4.38. The fourth-order valence-electron chi connectivity index (χ4n) is 3.35. The fraction of sp³-hybridized carbons (Fsp3) is 0.160. The van der Waals surface area contributed by atoms with Crippen molar-refractivity contribution in [3.05, 3.63) is 70.5 Å². The molecule has 36 heavy (non-hydrogen) atoms. The molecule has 186 valence electrons. The molecule has 11 heteroatoms. The molecule has 1 saturated heterocycles. The van der Waals surface area contributed by atoms with Gasteiger partial charge in [-0.05, 0) is 59.8 Å². The van der Waals surface area contributed by atoms with E-state index in [1.54, 1.807) is 42.5 Å². The number of carbonyl (C=O) groups is 1. The molecule has 1 aliphatic heterocycles. The van der Waals surface area contributed by atoms with Crippen LogP contribution in [0.25, 0.3) is 6.08 Å². The lowest BCUT2D eigenvalue weighted by Gasteiger charge is -2.12. The Balaban J connectivity index is 1.65. The molecule has 0 spiro atoms. The molecule has 0 aliphatic carbocycles. The quantitative estimate of drug-likeness (QED) is 0.263. The van der Waals surface area contributed by atoms with Crippen molar-refractivity contribution in [3.8, 4) is 28.7 Å². The Morgan fingerprint density at radius 3 is 2.33 bits per heavy atom. The summed E-state index contributed by atoms with van der Waals surface area (Å²) in [5.74, 6) is 0.942. The molecule has 2 heterocycles. The second-order valence-corrected chi connectivity index (χ2v) is 8.42. The minimum Gasteiger partial charge on any atom is -0.504 e. The largest absolute Gasteiger partial charge is 0.504 e. The van der Waals surface area contributed by atoms with E-state index in [0.29, 0.717) is 32.7 Å². The summed E-state index contributed by atoms with van der Waals surface area (Å²) in [6.45, 7) is 0.171. The molecule has 0 radical (unpaired) electrons. The minimum absolute atomic E-state index is 0.00331. The van der Waals surface area contributed by atoms with Gasteiger partial charge in [-0.2, -0.15) is 5.10 Å². The first-order valence-corrected chi connectivity index (χ1v) is 11.4. The maximum atomic E-state index is 13.2. The number of thioether (sulfide) groups is 1. The van der Waals surface area contributed by atoms with Gasteiger partial charge in [-0.25, -0.2) is 0 Å². The van der Waals surface area contributed by atoms with E-state index >= 15 is 0 Å². The van der Waals surface area contributed by atoms with E-state index in [2.05, 4.69) is 10.2 Å². The van der Waals surface area contributed by atoms with Gasteiger partial charge >= 0.3 is 0 Å². The van der Waals surface area contributed by atoms with Crippen molar-refractivity contribution < 1.29 is 33.6 Å². The molecule has 0 unspecified atom stereocenters. The van der Waals surface area contributed by atoms with Crippen LogP contribution in [0.4, 0.5) is 0 Å². The van der Waals surface area contributed by atoms with Crippen molar-refractivity contribution in [1.82, 2.24) is 4.90 Å². The van der Waals surface area contributed by atoms with Crippen LogP contribution in [-0.4, -0.2) is 53.7 Å². The lowest BCUT2D eigenvalue weighted by molar-refractivity contribution is -0.122. The summed E-state index contributed by atoms with van der Waals surface area (Å²) >= 11 is 1.15. The number of methoxy groups -OCH3 is 3. The zero-order valence-corrected chi connectivity index (χ0v) is 20.5. The predicted molar refractivity (Wildman–Crippen MR) is 136 cm³/mol. The number of benzene rings is 2. The third-order valence-electron chi connectivity index (χ3n) is 5.14. The van der Waals surface area contributed by atoms with Crippen LogP contribution in [0.2, 0.25) is 0 Å². The lowest BCUT2D eigenvalue weighted by atomic mass is 10.2. The van der Waals surface area contributed by atoms with Gasteiger partial charge in [0.1, 0.15) is 5.76 Å². The van der Waals surface area contributed by atoms with Crippen molar-refractivity contribution in [3.63, 3.8) is 0 Å². The van der Waals surface area contributed by atoms with E-state index in [1.165, 1.54) is 44.8 Å². The third-order valence-corrected chi connectivity index (χ3v) is 6.13. The maximum Gasteiger partial charge on any atom is 0.267 e. The Morgan fingerprint density at radius 1 is 1.00 bits per heavy atom. The Bertz CT molecular complexity index is 1320. The van der Waals surface area contributed by atoms with E-state index in [4.69, 9.17) is 18.6 Å². The fourth-order valence-corrected chi connectivity index (χ4v) is 4.28. The number of nitrogens with zero attached hydrogens (tertiary/aromatic N) is 3. The number of hydrogen-bond acceptors (Lipinski definition) is 10. The van der Waals surface area contributed by atoms with Gasteiger partial charge in [-0.1, -0.05) is 6.07 Å². The molecular formula is C25H23N3O7S. The number of hydrogen-bond donors (Lipinski definition) is 2. The SMILES string of the molecule is COc1cc(/C=C2\S/C(=N/N=C\c3cc(OC)c(O)c(OC)c3)N(Cc3ccco3)C2=O)ccc1O. The van der Waals surface area contributed by atoms with E-state index in [0.717, 1.165) is 11.8 Å². The summed E-state index contributed by atoms with van der Waals surface area (Å²) in [6, 6.07) is 11.5. The van der Waals surface area contributed by atoms with E-state index in [1.807, 2.05) is 0 Å². The first kappa shape index (κ1) is 24.7. The molecular weight excluding hydrogens is 486 g/mol. The first-order chi connectivity index (χ1) is 17.4. The van der Waals surface area contributed by atoms with Gasteiger partial charge in [-0.15, -0.1) is 5.10 Å². The molecule has 1 aliphatic rings. The average molecular weight is 510 g/mol. The zero-order chi connectivity index (χ0) is 25.7. The van der Waals surface area contributed by atoms with Gasteiger partial charge in [0.05, 0.1) is 45.3 Å². The summed E-state index contributed by atoms with van der Waals surface area (Å²) in [5, 5.41) is 28.7. The van der Waals surface area contributed by atoms with Crippen molar-refractivity contribution in [1.29, 1.82) is 0 Å². The Kier molecular flexibility index (Phi) is 7.50. The molecule has 2 N–H and O–H groups in total. The minimum atomic E-state index is -0.273. The molecule has 0 bridgehead atoms. The number of phenolic OH excluding ortho intramolecular Hbond substituents is 2. The number of carbonyl (C=O) groups excluding carboxylic acids is 1. The molecule has 3 aromatic rings. The van der Waals surface area contributed by atoms with Gasteiger partial charge in [0, 0.05) is 5.56 Å². The van der Waals surface area contributed by atoms with Crippen LogP contribution in [0.3, 0.4) is 0 Å². The van der Waals surface area contributed by atoms with Crippen LogP contribution in [-0.2, 0) is 11.3 Å². The molecule has 2 aromatic carbocycles. The van der Waals surface area contributed by atoms with Crippen LogP contribution >= 0.6 is 11.8 Å². The molecule has 1 fully saturated rings. The highest BCUT2D eigenvalue weighted by atomic mass is 32.2. The van der Waals surface area contributed by atoms with Crippen molar-refractivity contribution >= 4 is 35.1 Å². The highest BCUT2D eigenvalue weighted by Crippen LogP contribution is 2.37. The average Bonchev–Trinajstić information content (AvgIpc) is 3.50. The number of ether oxygens (including phenoxy) is 3. The molecule has 1 amide bonds. The summed E-state index contributed by atoms with van der Waals surface area (Å²) in [6.07, 6.45) is 4.68. The molecule has 4 rings (SSSR count).